The van der Waals surface area contributed by atoms with Crippen LogP contribution in [0.1, 0.15) is 16.9 Å². The predicted octanol–water partition coefficient (Wildman–Crippen LogP) is 0.295. The van der Waals surface area contributed by atoms with E-state index in [1.165, 1.54) is 12.4 Å². The van der Waals surface area contributed by atoms with Gasteiger partial charge in [-0.2, -0.15) is 0 Å². The Balaban J connectivity index is 1.90. The van der Waals surface area contributed by atoms with Crippen LogP contribution in [0.5, 0.6) is 0 Å². The second-order valence-corrected chi connectivity index (χ2v) is 6.82. The molecule has 18 heavy (non-hydrogen) atoms. The SMILES string of the molecule is O=C(NCC1CCS(=O)(=O)C1)c1cncc(Cl)n1. The molecule has 1 fully saturated rings. The van der Waals surface area contributed by atoms with E-state index in [2.05, 4.69) is 15.3 Å². The number of carbonyl (C=O) groups excluding carboxylic acids is 1. The van der Waals surface area contributed by atoms with Gasteiger partial charge in [0.05, 0.1) is 23.9 Å². The van der Waals surface area contributed by atoms with Crippen molar-refractivity contribution >= 4 is 27.3 Å². The lowest BCUT2D eigenvalue weighted by Gasteiger charge is -2.08. The zero-order valence-electron chi connectivity index (χ0n) is 9.47. The summed E-state index contributed by atoms with van der Waals surface area (Å²) in [5.41, 5.74) is 0.128. The van der Waals surface area contributed by atoms with E-state index >= 15 is 0 Å². The fraction of sp³-hybridized carbons (Fsp3) is 0.500. The van der Waals surface area contributed by atoms with Crippen molar-refractivity contribution in [1.82, 2.24) is 15.3 Å². The van der Waals surface area contributed by atoms with Gasteiger partial charge in [0.2, 0.25) is 0 Å². The van der Waals surface area contributed by atoms with E-state index in [9.17, 15) is 13.2 Å². The summed E-state index contributed by atoms with van der Waals surface area (Å²) < 4.78 is 22.5. The molecule has 1 aliphatic heterocycles. The summed E-state index contributed by atoms with van der Waals surface area (Å²) in [5.74, 6) is -0.0840. The van der Waals surface area contributed by atoms with Crippen LogP contribution in [-0.2, 0) is 9.84 Å². The Morgan fingerprint density at radius 3 is 2.89 bits per heavy atom. The molecule has 0 bridgehead atoms. The number of amides is 1. The number of hydrogen-bond acceptors (Lipinski definition) is 5. The molecule has 0 spiro atoms. The maximum atomic E-state index is 11.7. The maximum Gasteiger partial charge on any atom is 0.271 e. The number of hydrogen-bond donors (Lipinski definition) is 1. The quantitative estimate of drug-likeness (QED) is 0.864. The van der Waals surface area contributed by atoms with Gasteiger partial charge in [-0.3, -0.25) is 9.78 Å². The van der Waals surface area contributed by atoms with Crippen molar-refractivity contribution in [2.45, 2.75) is 6.42 Å². The van der Waals surface area contributed by atoms with E-state index in [1.54, 1.807) is 0 Å². The largest absolute Gasteiger partial charge is 0.350 e. The Kier molecular flexibility index (Phi) is 3.82. The summed E-state index contributed by atoms with van der Waals surface area (Å²) in [6.07, 6.45) is 3.23. The summed E-state index contributed by atoms with van der Waals surface area (Å²) in [4.78, 5) is 19.3. The molecule has 1 amide bonds. The maximum absolute atomic E-state index is 11.7. The zero-order chi connectivity index (χ0) is 13.2. The normalized spacial score (nSPS) is 21.7. The Hall–Kier alpha value is -1.21. The van der Waals surface area contributed by atoms with Crippen molar-refractivity contribution in [3.63, 3.8) is 0 Å². The average molecular weight is 290 g/mol. The molecule has 0 radical (unpaired) electrons. The molecule has 98 valence electrons. The van der Waals surface area contributed by atoms with E-state index in [1.807, 2.05) is 0 Å². The monoisotopic (exact) mass is 289 g/mol. The molecule has 1 saturated heterocycles. The first kappa shape index (κ1) is 13.2. The van der Waals surface area contributed by atoms with Crippen molar-refractivity contribution in [3.05, 3.63) is 23.2 Å². The Morgan fingerprint density at radius 2 is 2.28 bits per heavy atom. The number of nitrogens with zero attached hydrogens (tertiary/aromatic N) is 2. The van der Waals surface area contributed by atoms with Crippen LogP contribution in [0.25, 0.3) is 0 Å². The molecule has 2 heterocycles. The van der Waals surface area contributed by atoms with E-state index in [4.69, 9.17) is 11.6 Å². The first-order valence-electron chi connectivity index (χ1n) is 5.42. The molecule has 1 aliphatic rings. The van der Waals surface area contributed by atoms with Crippen molar-refractivity contribution < 1.29 is 13.2 Å². The van der Waals surface area contributed by atoms with Gasteiger partial charge in [-0.05, 0) is 12.3 Å². The van der Waals surface area contributed by atoms with Crippen LogP contribution in [0, 0.1) is 5.92 Å². The highest BCUT2D eigenvalue weighted by atomic mass is 35.5. The number of sulfone groups is 1. The van der Waals surface area contributed by atoms with Crippen LogP contribution in [0.3, 0.4) is 0 Å². The Labute approximate surface area is 110 Å². The minimum absolute atomic E-state index is 0.0221. The van der Waals surface area contributed by atoms with Crippen molar-refractivity contribution in [1.29, 1.82) is 0 Å². The van der Waals surface area contributed by atoms with Crippen LogP contribution >= 0.6 is 11.6 Å². The average Bonchev–Trinajstić information content (AvgIpc) is 2.66. The molecule has 1 aromatic heterocycles. The van der Waals surface area contributed by atoms with Gasteiger partial charge in [-0.25, -0.2) is 13.4 Å². The topological polar surface area (TPSA) is 89.0 Å². The lowest BCUT2D eigenvalue weighted by Crippen LogP contribution is -2.30. The van der Waals surface area contributed by atoms with Gasteiger partial charge in [-0.1, -0.05) is 11.6 Å². The number of halogens is 1. The predicted molar refractivity (Wildman–Crippen MR) is 66.1 cm³/mol. The van der Waals surface area contributed by atoms with E-state index in [0.29, 0.717) is 13.0 Å². The molecule has 0 aromatic carbocycles. The van der Waals surface area contributed by atoms with Crippen LogP contribution in [0.4, 0.5) is 0 Å². The van der Waals surface area contributed by atoms with Crippen molar-refractivity contribution in [3.8, 4) is 0 Å². The van der Waals surface area contributed by atoms with Crippen LogP contribution in [-0.4, -0.2) is 42.3 Å². The first-order valence-corrected chi connectivity index (χ1v) is 7.62. The molecule has 1 aromatic rings. The van der Waals surface area contributed by atoms with Crippen LogP contribution < -0.4 is 5.32 Å². The van der Waals surface area contributed by atoms with Gasteiger partial charge in [0, 0.05) is 6.54 Å². The lowest BCUT2D eigenvalue weighted by atomic mass is 10.1. The second kappa shape index (κ2) is 5.19. The first-order chi connectivity index (χ1) is 8.46. The summed E-state index contributed by atoms with van der Waals surface area (Å²) in [5, 5.41) is 2.79. The number of aromatic nitrogens is 2. The van der Waals surface area contributed by atoms with Gasteiger partial charge >= 0.3 is 0 Å². The van der Waals surface area contributed by atoms with Crippen LogP contribution in [0.2, 0.25) is 5.15 Å². The third-order valence-electron chi connectivity index (χ3n) is 2.72. The molecule has 1 unspecified atom stereocenters. The fourth-order valence-corrected chi connectivity index (χ4v) is 3.82. The van der Waals surface area contributed by atoms with Gasteiger partial charge in [0.1, 0.15) is 10.8 Å². The lowest BCUT2D eigenvalue weighted by molar-refractivity contribution is 0.0943. The van der Waals surface area contributed by atoms with Crippen molar-refractivity contribution in [2.24, 2.45) is 5.92 Å². The Bertz CT molecular complexity index is 561. The number of rotatable bonds is 3. The van der Waals surface area contributed by atoms with E-state index in [-0.39, 0.29) is 28.3 Å². The molecular formula is C10H12ClN3O3S. The number of carbonyl (C=O) groups is 1. The molecule has 1 N–H and O–H groups in total. The van der Waals surface area contributed by atoms with Gasteiger partial charge in [-0.15, -0.1) is 0 Å². The molecule has 6 nitrogen and oxygen atoms in total. The molecule has 0 aliphatic carbocycles. The summed E-state index contributed by atoms with van der Waals surface area (Å²) in [7, 11) is -2.92. The van der Waals surface area contributed by atoms with Crippen LogP contribution in [0.15, 0.2) is 12.4 Å². The molecule has 1 atom stereocenters. The zero-order valence-corrected chi connectivity index (χ0v) is 11.0. The highest BCUT2D eigenvalue weighted by molar-refractivity contribution is 7.91. The smallest absolute Gasteiger partial charge is 0.271 e. The van der Waals surface area contributed by atoms with Gasteiger partial charge in [0.25, 0.3) is 5.91 Å². The molecular weight excluding hydrogens is 278 g/mol. The van der Waals surface area contributed by atoms with E-state index in [0.717, 1.165) is 0 Å². The van der Waals surface area contributed by atoms with Gasteiger partial charge in [0.15, 0.2) is 9.84 Å². The van der Waals surface area contributed by atoms with Gasteiger partial charge < -0.3 is 5.32 Å². The molecule has 0 saturated carbocycles. The highest BCUT2D eigenvalue weighted by Gasteiger charge is 2.28. The highest BCUT2D eigenvalue weighted by Crippen LogP contribution is 2.17. The Morgan fingerprint density at radius 1 is 1.50 bits per heavy atom. The summed E-state index contributed by atoms with van der Waals surface area (Å²) in [6.45, 7) is 0.326. The fourth-order valence-electron chi connectivity index (χ4n) is 1.81. The minimum Gasteiger partial charge on any atom is -0.350 e. The molecule has 8 heteroatoms. The number of nitrogens with one attached hydrogen (secondary N) is 1. The second-order valence-electron chi connectivity index (χ2n) is 4.21. The van der Waals surface area contributed by atoms with Crippen molar-refractivity contribution in [2.75, 3.05) is 18.1 Å². The summed E-state index contributed by atoms with van der Waals surface area (Å²) >= 11 is 5.62. The van der Waals surface area contributed by atoms with E-state index < -0.39 is 15.7 Å². The third-order valence-corrected chi connectivity index (χ3v) is 4.73. The molecule has 2 rings (SSSR count). The standard InChI is InChI=1S/C10H12ClN3O3S/c11-9-5-12-4-8(14-9)10(15)13-3-7-1-2-18(16,17)6-7/h4-5,7H,1-3,6H2,(H,13,15). The summed E-state index contributed by atoms with van der Waals surface area (Å²) in [6, 6.07) is 0. The minimum atomic E-state index is -2.92. The third kappa shape index (κ3) is 3.39.